The van der Waals surface area contributed by atoms with Crippen LogP contribution in [0.2, 0.25) is 0 Å². The Labute approximate surface area is 125 Å². The van der Waals surface area contributed by atoms with Gasteiger partial charge in [-0.15, -0.1) is 0 Å². The van der Waals surface area contributed by atoms with E-state index in [1.54, 1.807) is 12.1 Å². The molecule has 4 nitrogen and oxygen atoms in total. The van der Waals surface area contributed by atoms with Gasteiger partial charge in [0.2, 0.25) is 0 Å². The maximum atomic E-state index is 12.0. The van der Waals surface area contributed by atoms with Gasteiger partial charge in [0.1, 0.15) is 6.61 Å². The second-order valence-electron chi connectivity index (χ2n) is 4.52. The lowest BCUT2D eigenvalue weighted by Gasteiger charge is -2.10. The number of esters is 1. The fourth-order valence-corrected chi connectivity index (χ4v) is 2.07. The molecule has 0 heterocycles. The van der Waals surface area contributed by atoms with E-state index in [2.05, 4.69) is 15.9 Å². The van der Waals surface area contributed by atoms with Crippen molar-refractivity contribution in [1.82, 2.24) is 0 Å². The van der Waals surface area contributed by atoms with Gasteiger partial charge in [-0.25, -0.2) is 4.79 Å². The van der Waals surface area contributed by atoms with Crippen molar-refractivity contribution < 1.29 is 9.53 Å². The molecule has 20 heavy (non-hydrogen) atoms. The van der Waals surface area contributed by atoms with Gasteiger partial charge >= 0.3 is 5.97 Å². The van der Waals surface area contributed by atoms with E-state index >= 15 is 0 Å². The second kappa shape index (κ2) is 5.96. The summed E-state index contributed by atoms with van der Waals surface area (Å²) < 4.78 is 6.23. The average Bonchev–Trinajstić information content (AvgIpc) is 2.42. The summed E-state index contributed by atoms with van der Waals surface area (Å²) in [5.74, 6) is -0.471. The summed E-state index contributed by atoms with van der Waals surface area (Å²) in [6.07, 6.45) is 0. The molecule has 4 N–H and O–H groups in total. The van der Waals surface area contributed by atoms with Gasteiger partial charge in [0.25, 0.3) is 0 Å². The number of benzene rings is 2. The Balaban J connectivity index is 2.11. The van der Waals surface area contributed by atoms with Crippen molar-refractivity contribution in [3.05, 3.63) is 57.6 Å². The zero-order valence-electron chi connectivity index (χ0n) is 11.0. The largest absolute Gasteiger partial charge is 0.457 e. The third-order valence-corrected chi connectivity index (χ3v) is 3.39. The number of halogens is 1. The van der Waals surface area contributed by atoms with Crippen molar-refractivity contribution in [2.24, 2.45) is 0 Å². The molecule has 0 spiro atoms. The van der Waals surface area contributed by atoms with Crippen LogP contribution in [0.1, 0.15) is 21.5 Å². The predicted octanol–water partition coefficient (Wildman–Crippen LogP) is 3.28. The van der Waals surface area contributed by atoms with Crippen LogP contribution < -0.4 is 11.5 Å². The van der Waals surface area contributed by atoms with E-state index in [0.29, 0.717) is 11.3 Å². The molecule has 0 amide bonds. The van der Waals surface area contributed by atoms with Crippen LogP contribution in [0.3, 0.4) is 0 Å². The Bertz CT molecular complexity index is 639. The molecule has 0 radical (unpaired) electrons. The minimum Gasteiger partial charge on any atom is -0.457 e. The molecule has 104 valence electrons. The molecule has 0 unspecified atom stereocenters. The van der Waals surface area contributed by atoms with Crippen LogP contribution in [0.4, 0.5) is 11.4 Å². The van der Waals surface area contributed by atoms with Crippen molar-refractivity contribution in [1.29, 1.82) is 0 Å². The topological polar surface area (TPSA) is 78.3 Å². The third-order valence-electron chi connectivity index (χ3n) is 2.86. The number of hydrogen-bond acceptors (Lipinski definition) is 4. The summed E-state index contributed by atoms with van der Waals surface area (Å²) >= 11 is 3.35. The lowest BCUT2D eigenvalue weighted by atomic mass is 10.1. The summed E-state index contributed by atoms with van der Waals surface area (Å²) in [4.78, 5) is 12.0. The van der Waals surface area contributed by atoms with Crippen LogP contribution >= 0.6 is 15.9 Å². The van der Waals surface area contributed by atoms with Crippen LogP contribution in [0.15, 0.2) is 40.9 Å². The van der Waals surface area contributed by atoms with Gasteiger partial charge in [-0.05, 0) is 42.3 Å². The molecule has 0 aliphatic carbocycles. The van der Waals surface area contributed by atoms with Gasteiger partial charge in [-0.3, -0.25) is 0 Å². The number of ether oxygens (including phenoxy) is 1. The average molecular weight is 335 g/mol. The molecular formula is C15H15BrN2O2. The first-order valence-corrected chi connectivity index (χ1v) is 6.84. The van der Waals surface area contributed by atoms with E-state index in [0.717, 1.165) is 15.6 Å². The number of carbonyl (C=O) groups is 1. The SMILES string of the molecule is Cc1cc(N)c(N)c(C(=O)OCc2ccc(Br)cc2)c1. The molecule has 2 aromatic rings. The van der Waals surface area contributed by atoms with Gasteiger partial charge in [-0.1, -0.05) is 28.1 Å². The Kier molecular flexibility index (Phi) is 4.29. The monoisotopic (exact) mass is 334 g/mol. The molecule has 0 aliphatic rings. The minimum atomic E-state index is -0.471. The summed E-state index contributed by atoms with van der Waals surface area (Å²) in [7, 11) is 0. The summed E-state index contributed by atoms with van der Waals surface area (Å²) in [6, 6.07) is 10.9. The molecule has 0 aromatic heterocycles. The summed E-state index contributed by atoms with van der Waals surface area (Å²) in [5, 5.41) is 0. The molecule has 0 saturated heterocycles. The highest BCUT2D eigenvalue weighted by molar-refractivity contribution is 9.10. The molecular weight excluding hydrogens is 320 g/mol. The number of nitrogens with two attached hydrogens (primary N) is 2. The fourth-order valence-electron chi connectivity index (χ4n) is 1.80. The van der Waals surface area contributed by atoms with Crippen LogP contribution in [0.5, 0.6) is 0 Å². The minimum absolute atomic E-state index is 0.194. The lowest BCUT2D eigenvalue weighted by Crippen LogP contribution is -2.10. The van der Waals surface area contributed by atoms with Crippen molar-refractivity contribution in [3.63, 3.8) is 0 Å². The highest BCUT2D eigenvalue weighted by Gasteiger charge is 2.14. The van der Waals surface area contributed by atoms with Crippen molar-refractivity contribution >= 4 is 33.3 Å². The van der Waals surface area contributed by atoms with Crippen molar-refractivity contribution in [3.8, 4) is 0 Å². The van der Waals surface area contributed by atoms with Gasteiger partial charge < -0.3 is 16.2 Å². The number of aryl methyl sites for hydroxylation is 1. The van der Waals surface area contributed by atoms with Gasteiger partial charge in [-0.2, -0.15) is 0 Å². The lowest BCUT2D eigenvalue weighted by molar-refractivity contribution is 0.0474. The molecule has 2 rings (SSSR count). The van der Waals surface area contributed by atoms with E-state index < -0.39 is 5.97 Å². The normalized spacial score (nSPS) is 10.3. The number of nitrogen functional groups attached to an aromatic ring is 2. The number of hydrogen-bond donors (Lipinski definition) is 2. The zero-order chi connectivity index (χ0) is 14.7. The molecule has 0 fully saturated rings. The Morgan fingerprint density at radius 2 is 1.85 bits per heavy atom. The van der Waals surface area contributed by atoms with Crippen LogP contribution in [-0.2, 0) is 11.3 Å². The van der Waals surface area contributed by atoms with E-state index in [1.165, 1.54) is 0 Å². The Hall–Kier alpha value is -2.01. The van der Waals surface area contributed by atoms with Gasteiger partial charge in [0.05, 0.1) is 16.9 Å². The first-order chi connectivity index (χ1) is 9.47. The maximum absolute atomic E-state index is 12.0. The van der Waals surface area contributed by atoms with Crippen molar-refractivity contribution in [2.45, 2.75) is 13.5 Å². The number of carbonyl (C=O) groups excluding carboxylic acids is 1. The second-order valence-corrected chi connectivity index (χ2v) is 5.43. The molecule has 0 saturated carbocycles. The molecule has 5 heteroatoms. The molecule has 2 aromatic carbocycles. The fraction of sp³-hybridized carbons (Fsp3) is 0.133. The summed E-state index contributed by atoms with van der Waals surface area (Å²) in [6.45, 7) is 2.04. The first kappa shape index (κ1) is 14.4. The highest BCUT2D eigenvalue weighted by atomic mass is 79.9. The Morgan fingerprint density at radius 3 is 2.50 bits per heavy atom. The van der Waals surface area contributed by atoms with E-state index in [1.807, 2.05) is 31.2 Å². The third kappa shape index (κ3) is 3.30. The standard InChI is InChI=1S/C15H15BrN2O2/c1-9-6-12(14(18)13(17)7-9)15(19)20-8-10-2-4-11(16)5-3-10/h2-7H,8,17-18H2,1H3. The molecule has 0 aliphatic heterocycles. The van der Waals surface area contributed by atoms with Crippen LogP contribution in [0, 0.1) is 6.92 Å². The van der Waals surface area contributed by atoms with Gasteiger partial charge in [0.15, 0.2) is 0 Å². The van der Waals surface area contributed by atoms with E-state index in [4.69, 9.17) is 16.2 Å². The van der Waals surface area contributed by atoms with Crippen LogP contribution in [0.25, 0.3) is 0 Å². The van der Waals surface area contributed by atoms with Gasteiger partial charge in [0, 0.05) is 4.47 Å². The van der Waals surface area contributed by atoms with E-state index in [9.17, 15) is 4.79 Å². The molecule has 0 bridgehead atoms. The smallest absolute Gasteiger partial charge is 0.340 e. The quantitative estimate of drug-likeness (QED) is 0.666. The predicted molar refractivity (Wildman–Crippen MR) is 83.3 cm³/mol. The number of anilines is 2. The highest BCUT2D eigenvalue weighted by Crippen LogP contribution is 2.23. The zero-order valence-corrected chi connectivity index (χ0v) is 12.6. The van der Waals surface area contributed by atoms with Crippen molar-refractivity contribution in [2.75, 3.05) is 11.5 Å². The molecule has 0 atom stereocenters. The summed E-state index contributed by atoms with van der Waals surface area (Å²) in [5.41, 5.74) is 14.3. The Morgan fingerprint density at radius 1 is 1.20 bits per heavy atom. The van der Waals surface area contributed by atoms with E-state index in [-0.39, 0.29) is 12.3 Å². The van der Waals surface area contributed by atoms with Crippen LogP contribution in [-0.4, -0.2) is 5.97 Å². The first-order valence-electron chi connectivity index (χ1n) is 6.04. The maximum Gasteiger partial charge on any atom is 0.340 e. The number of rotatable bonds is 3.